The summed E-state index contributed by atoms with van der Waals surface area (Å²) < 4.78 is 0. The van der Waals surface area contributed by atoms with Crippen molar-refractivity contribution in [2.24, 2.45) is 23.7 Å². The summed E-state index contributed by atoms with van der Waals surface area (Å²) in [6.07, 6.45) is 7.41. The van der Waals surface area contributed by atoms with Crippen LogP contribution in [0.1, 0.15) is 44.9 Å². The van der Waals surface area contributed by atoms with Crippen molar-refractivity contribution in [1.82, 2.24) is 10.2 Å². The van der Waals surface area contributed by atoms with Crippen LogP contribution < -0.4 is 5.32 Å². The first-order valence-corrected chi connectivity index (χ1v) is 8.27. The molecule has 0 radical (unpaired) electrons. The van der Waals surface area contributed by atoms with Gasteiger partial charge in [-0.25, -0.2) is 4.79 Å². The Morgan fingerprint density at radius 2 is 1.95 bits per heavy atom. The van der Waals surface area contributed by atoms with Gasteiger partial charge in [0.25, 0.3) is 0 Å². The number of carboxylic acid groups (broad SMARTS) is 1. The molecule has 0 aliphatic heterocycles. The topological polar surface area (TPSA) is 69.6 Å². The quantitative estimate of drug-likeness (QED) is 0.836. The van der Waals surface area contributed by atoms with E-state index < -0.39 is 5.97 Å². The standard InChI is InChI=1S/C16H26N2O3/c1-18(9-13-7-10-2-3-11(13)6-10)16(21)17-14-5-4-12(8-14)15(19)20/h10-14H,2-9H2,1H3,(H,17,21)(H,19,20)/t10?,11?,12-,13?,14+/m1/s1. The van der Waals surface area contributed by atoms with Gasteiger partial charge in [0.1, 0.15) is 0 Å². The third-order valence-electron chi connectivity index (χ3n) is 5.85. The van der Waals surface area contributed by atoms with E-state index in [1.165, 1.54) is 25.7 Å². The second kappa shape index (κ2) is 5.85. The Bertz CT molecular complexity index is 426. The minimum absolute atomic E-state index is 0.0288. The largest absolute Gasteiger partial charge is 0.481 e. The molecular weight excluding hydrogens is 268 g/mol. The van der Waals surface area contributed by atoms with Crippen LogP contribution in [0.4, 0.5) is 4.79 Å². The van der Waals surface area contributed by atoms with E-state index in [9.17, 15) is 9.59 Å². The van der Waals surface area contributed by atoms with E-state index >= 15 is 0 Å². The third-order valence-corrected chi connectivity index (χ3v) is 5.85. The zero-order chi connectivity index (χ0) is 15.0. The number of rotatable bonds is 4. The average Bonchev–Trinajstić information content (AvgIpc) is 3.13. The van der Waals surface area contributed by atoms with E-state index in [0.29, 0.717) is 18.8 Å². The first kappa shape index (κ1) is 14.7. The van der Waals surface area contributed by atoms with Gasteiger partial charge in [-0.05, 0) is 56.3 Å². The molecule has 118 valence electrons. The lowest BCUT2D eigenvalue weighted by atomic mass is 9.88. The van der Waals surface area contributed by atoms with E-state index in [-0.39, 0.29) is 18.0 Å². The molecule has 0 saturated heterocycles. The zero-order valence-electron chi connectivity index (χ0n) is 12.8. The molecule has 3 fully saturated rings. The van der Waals surface area contributed by atoms with Crippen molar-refractivity contribution in [3.8, 4) is 0 Å². The number of carbonyl (C=O) groups excluding carboxylic acids is 1. The minimum Gasteiger partial charge on any atom is -0.481 e. The van der Waals surface area contributed by atoms with Gasteiger partial charge in [-0.3, -0.25) is 4.79 Å². The Morgan fingerprint density at radius 3 is 2.52 bits per heavy atom. The lowest BCUT2D eigenvalue weighted by Gasteiger charge is -2.28. The second-order valence-electron chi connectivity index (χ2n) is 7.31. The highest BCUT2D eigenvalue weighted by Crippen LogP contribution is 2.48. The molecular formula is C16H26N2O3. The lowest BCUT2D eigenvalue weighted by molar-refractivity contribution is -0.141. The highest BCUT2D eigenvalue weighted by molar-refractivity contribution is 5.75. The Balaban J connectivity index is 1.44. The molecule has 2 amide bonds. The van der Waals surface area contributed by atoms with Gasteiger partial charge in [0.05, 0.1) is 5.92 Å². The number of amides is 2. The van der Waals surface area contributed by atoms with Gasteiger partial charge in [-0.15, -0.1) is 0 Å². The van der Waals surface area contributed by atoms with Gasteiger partial charge in [0, 0.05) is 19.6 Å². The molecule has 21 heavy (non-hydrogen) atoms. The van der Waals surface area contributed by atoms with Gasteiger partial charge in [0.15, 0.2) is 0 Å². The Morgan fingerprint density at radius 1 is 1.14 bits per heavy atom. The predicted molar refractivity (Wildman–Crippen MR) is 78.9 cm³/mol. The van der Waals surface area contributed by atoms with Crippen LogP contribution in [0.15, 0.2) is 0 Å². The number of fused-ring (bicyclic) bond motifs is 2. The van der Waals surface area contributed by atoms with Crippen LogP contribution in [0.2, 0.25) is 0 Å². The molecule has 2 N–H and O–H groups in total. The first-order chi connectivity index (χ1) is 10.0. The minimum atomic E-state index is -0.734. The van der Waals surface area contributed by atoms with Crippen LogP contribution in [0, 0.1) is 23.7 Å². The van der Waals surface area contributed by atoms with E-state index in [2.05, 4.69) is 5.32 Å². The number of nitrogens with zero attached hydrogens (tertiary/aromatic N) is 1. The molecule has 0 aromatic carbocycles. The molecule has 3 saturated carbocycles. The molecule has 5 atom stereocenters. The Kier molecular flexibility index (Phi) is 4.09. The van der Waals surface area contributed by atoms with Gasteiger partial charge < -0.3 is 15.3 Å². The third kappa shape index (κ3) is 3.16. The number of hydrogen-bond acceptors (Lipinski definition) is 2. The van der Waals surface area contributed by atoms with Gasteiger partial charge in [0.2, 0.25) is 0 Å². The van der Waals surface area contributed by atoms with E-state index in [1.54, 1.807) is 4.90 Å². The fourth-order valence-corrected chi connectivity index (χ4v) is 4.66. The number of nitrogens with one attached hydrogen (secondary N) is 1. The van der Waals surface area contributed by atoms with Crippen LogP contribution in [0.5, 0.6) is 0 Å². The molecule has 2 bridgehead atoms. The van der Waals surface area contributed by atoms with Crippen molar-refractivity contribution in [3.05, 3.63) is 0 Å². The van der Waals surface area contributed by atoms with Crippen LogP contribution in [-0.4, -0.2) is 41.6 Å². The summed E-state index contributed by atoms with van der Waals surface area (Å²) in [7, 11) is 1.87. The van der Waals surface area contributed by atoms with E-state index in [1.807, 2.05) is 7.05 Å². The number of aliphatic carboxylic acids is 1. The molecule has 3 aliphatic rings. The number of urea groups is 1. The molecule has 5 nitrogen and oxygen atoms in total. The maximum absolute atomic E-state index is 12.2. The maximum atomic E-state index is 12.2. The summed E-state index contributed by atoms with van der Waals surface area (Å²) >= 11 is 0. The lowest BCUT2D eigenvalue weighted by Crippen LogP contribution is -2.44. The molecule has 0 spiro atoms. The van der Waals surface area contributed by atoms with Crippen LogP contribution in [0.3, 0.4) is 0 Å². The van der Waals surface area contributed by atoms with E-state index in [0.717, 1.165) is 24.8 Å². The molecule has 3 unspecified atom stereocenters. The molecule has 0 aromatic rings. The molecule has 0 heterocycles. The number of carboxylic acids is 1. The molecule has 0 aromatic heterocycles. The fourth-order valence-electron chi connectivity index (χ4n) is 4.66. The SMILES string of the molecule is CN(CC1CC2CCC1C2)C(=O)N[C@H]1CC[C@@H](C(=O)O)C1. The van der Waals surface area contributed by atoms with Crippen molar-refractivity contribution in [1.29, 1.82) is 0 Å². The van der Waals surface area contributed by atoms with E-state index in [4.69, 9.17) is 5.11 Å². The van der Waals surface area contributed by atoms with Crippen molar-refractivity contribution in [2.75, 3.05) is 13.6 Å². The van der Waals surface area contributed by atoms with Crippen molar-refractivity contribution in [2.45, 2.75) is 51.0 Å². The van der Waals surface area contributed by atoms with Gasteiger partial charge in [-0.2, -0.15) is 0 Å². The Hall–Kier alpha value is -1.26. The summed E-state index contributed by atoms with van der Waals surface area (Å²) in [5.74, 6) is 1.39. The first-order valence-electron chi connectivity index (χ1n) is 8.27. The summed E-state index contributed by atoms with van der Waals surface area (Å²) in [6, 6.07) is -0.00473. The highest BCUT2D eigenvalue weighted by Gasteiger charge is 2.40. The predicted octanol–water partition coefficient (Wildman–Crippen LogP) is 2.32. The molecule has 3 rings (SSSR count). The second-order valence-corrected chi connectivity index (χ2v) is 7.31. The van der Waals surface area contributed by atoms with Gasteiger partial charge >= 0.3 is 12.0 Å². The van der Waals surface area contributed by atoms with Crippen molar-refractivity contribution in [3.63, 3.8) is 0 Å². The smallest absolute Gasteiger partial charge is 0.317 e. The number of carbonyl (C=O) groups is 2. The molecule has 3 aliphatic carbocycles. The van der Waals surface area contributed by atoms with Crippen LogP contribution >= 0.6 is 0 Å². The van der Waals surface area contributed by atoms with Gasteiger partial charge in [-0.1, -0.05) is 6.42 Å². The van der Waals surface area contributed by atoms with Crippen LogP contribution in [0.25, 0.3) is 0 Å². The summed E-state index contributed by atoms with van der Waals surface area (Å²) in [4.78, 5) is 25.0. The summed E-state index contributed by atoms with van der Waals surface area (Å²) in [5, 5.41) is 12.0. The normalized spacial score (nSPS) is 37.7. The fraction of sp³-hybridized carbons (Fsp3) is 0.875. The number of hydrogen-bond donors (Lipinski definition) is 2. The maximum Gasteiger partial charge on any atom is 0.317 e. The van der Waals surface area contributed by atoms with Crippen molar-refractivity contribution < 1.29 is 14.7 Å². The van der Waals surface area contributed by atoms with Crippen molar-refractivity contribution >= 4 is 12.0 Å². The highest BCUT2D eigenvalue weighted by atomic mass is 16.4. The van der Waals surface area contributed by atoms with Crippen LogP contribution in [-0.2, 0) is 4.79 Å². The summed E-state index contributed by atoms with van der Waals surface area (Å²) in [6.45, 7) is 0.849. The zero-order valence-corrected chi connectivity index (χ0v) is 12.8. The molecule has 5 heteroatoms. The Labute approximate surface area is 126 Å². The summed E-state index contributed by atoms with van der Waals surface area (Å²) in [5.41, 5.74) is 0. The average molecular weight is 294 g/mol. The monoisotopic (exact) mass is 294 g/mol.